The Bertz CT molecular complexity index is 325. The van der Waals surface area contributed by atoms with E-state index in [2.05, 4.69) is 4.98 Å². The third kappa shape index (κ3) is 1.82. The van der Waals surface area contributed by atoms with Gasteiger partial charge in [0.2, 0.25) is 0 Å². The van der Waals surface area contributed by atoms with Gasteiger partial charge in [-0.2, -0.15) is 0 Å². The summed E-state index contributed by atoms with van der Waals surface area (Å²) in [4.78, 5) is 14.3. The van der Waals surface area contributed by atoms with Crippen molar-refractivity contribution in [3.05, 3.63) is 23.0 Å². The van der Waals surface area contributed by atoms with E-state index in [1.807, 2.05) is 5.48 Å². The van der Waals surface area contributed by atoms with Gasteiger partial charge in [0.05, 0.1) is 12.2 Å². The number of aldehydes is 1. The van der Waals surface area contributed by atoms with Crippen LogP contribution in [0.15, 0.2) is 6.20 Å². The molecule has 0 aromatic carbocycles. The molecule has 5 heteroatoms. The second-order valence-corrected chi connectivity index (χ2v) is 2.58. The highest BCUT2D eigenvalue weighted by Gasteiger charge is 2.10. The largest absolute Gasteiger partial charge is 0.506 e. The molecule has 13 heavy (non-hydrogen) atoms. The number of nitrogens with zero attached hydrogens (tertiary/aromatic N) is 1. The SMILES string of the molecule is Cc1ncc(C=O)c(CNO)c1O. The molecule has 0 atom stereocenters. The van der Waals surface area contributed by atoms with Gasteiger partial charge in [-0.05, 0) is 6.92 Å². The van der Waals surface area contributed by atoms with Crippen LogP contribution in [0.4, 0.5) is 0 Å². The fourth-order valence-corrected chi connectivity index (χ4v) is 1.03. The molecule has 0 aliphatic heterocycles. The maximum absolute atomic E-state index is 10.5. The molecule has 3 N–H and O–H groups in total. The van der Waals surface area contributed by atoms with Crippen molar-refractivity contribution in [3.63, 3.8) is 0 Å². The summed E-state index contributed by atoms with van der Waals surface area (Å²) in [6.07, 6.45) is 1.94. The smallest absolute Gasteiger partial charge is 0.152 e. The minimum Gasteiger partial charge on any atom is -0.506 e. The van der Waals surface area contributed by atoms with Gasteiger partial charge in [0.25, 0.3) is 0 Å². The summed E-state index contributed by atoms with van der Waals surface area (Å²) in [6, 6.07) is 0. The van der Waals surface area contributed by atoms with Crippen molar-refractivity contribution in [1.82, 2.24) is 10.5 Å². The Morgan fingerprint density at radius 2 is 2.38 bits per heavy atom. The lowest BCUT2D eigenvalue weighted by Gasteiger charge is -2.07. The quantitative estimate of drug-likeness (QED) is 0.465. The normalized spacial score (nSPS) is 10.0. The van der Waals surface area contributed by atoms with E-state index in [1.165, 1.54) is 6.20 Å². The van der Waals surface area contributed by atoms with Gasteiger partial charge < -0.3 is 10.3 Å². The molecule has 0 aliphatic carbocycles. The molecule has 0 saturated heterocycles. The van der Waals surface area contributed by atoms with Crippen LogP contribution in [0, 0.1) is 6.92 Å². The van der Waals surface area contributed by atoms with E-state index in [9.17, 15) is 9.90 Å². The van der Waals surface area contributed by atoms with E-state index < -0.39 is 0 Å². The molecule has 70 valence electrons. The number of carbonyl (C=O) groups is 1. The maximum Gasteiger partial charge on any atom is 0.152 e. The molecule has 0 radical (unpaired) electrons. The second-order valence-electron chi connectivity index (χ2n) is 2.58. The number of pyridine rings is 1. The number of hydrogen-bond donors (Lipinski definition) is 3. The highest BCUT2D eigenvalue weighted by Crippen LogP contribution is 2.22. The first-order valence-corrected chi connectivity index (χ1v) is 3.70. The number of hydroxylamine groups is 1. The van der Waals surface area contributed by atoms with Gasteiger partial charge in [0.1, 0.15) is 5.75 Å². The number of carbonyl (C=O) groups excluding carboxylic acids is 1. The van der Waals surface area contributed by atoms with Crippen LogP contribution in [-0.2, 0) is 6.54 Å². The molecule has 0 bridgehead atoms. The molecule has 1 aromatic heterocycles. The molecule has 0 amide bonds. The van der Waals surface area contributed by atoms with Gasteiger partial charge in [-0.3, -0.25) is 9.78 Å². The third-order valence-electron chi connectivity index (χ3n) is 1.76. The predicted octanol–water partition coefficient (Wildman–Crippen LogP) is 0.387. The molecular formula is C8H10N2O3. The molecule has 0 aliphatic rings. The third-order valence-corrected chi connectivity index (χ3v) is 1.76. The van der Waals surface area contributed by atoms with E-state index >= 15 is 0 Å². The van der Waals surface area contributed by atoms with Crippen LogP contribution in [0.2, 0.25) is 0 Å². The first-order valence-electron chi connectivity index (χ1n) is 3.70. The van der Waals surface area contributed by atoms with Crippen LogP contribution >= 0.6 is 0 Å². The zero-order valence-electron chi connectivity index (χ0n) is 7.11. The Kier molecular flexibility index (Phi) is 2.94. The molecule has 5 nitrogen and oxygen atoms in total. The maximum atomic E-state index is 10.5. The van der Waals surface area contributed by atoms with Crippen molar-refractivity contribution < 1.29 is 15.1 Å². The molecular weight excluding hydrogens is 172 g/mol. The molecule has 1 rings (SSSR count). The van der Waals surface area contributed by atoms with Crippen molar-refractivity contribution >= 4 is 6.29 Å². The van der Waals surface area contributed by atoms with Gasteiger partial charge >= 0.3 is 0 Å². The minimum atomic E-state index is -0.0637. The van der Waals surface area contributed by atoms with Crippen LogP contribution in [0.3, 0.4) is 0 Å². The molecule has 0 saturated carbocycles. The zero-order chi connectivity index (χ0) is 9.84. The molecule has 1 aromatic rings. The first-order chi connectivity index (χ1) is 6.20. The number of nitrogens with one attached hydrogen (secondary N) is 1. The van der Waals surface area contributed by atoms with Crippen molar-refractivity contribution in [3.8, 4) is 5.75 Å². The van der Waals surface area contributed by atoms with Crippen LogP contribution < -0.4 is 5.48 Å². The number of aromatic hydroxyl groups is 1. The summed E-state index contributed by atoms with van der Waals surface area (Å²) in [7, 11) is 0. The minimum absolute atomic E-state index is 0.0171. The average molecular weight is 182 g/mol. The number of hydrogen-bond acceptors (Lipinski definition) is 5. The topological polar surface area (TPSA) is 82.5 Å². The van der Waals surface area contributed by atoms with Crippen LogP contribution in [0.5, 0.6) is 5.75 Å². The van der Waals surface area contributed by atoms with Gasteiger partial charge in [0.15, 0.2) is 6.29 Å². The fourth-order valence-electron chi connectivity index (χ4n) is 1.03. The van der Waals surface area contributed by atoms with Crippen molar-refractivity contribution in [2.24, 2.45) is 0 Å². The van der Waals surface area contributed by atoms with E-state index in [1.54, 1.807) is 6.92 Å². The van der Waals surface area contributed by atoms with Crippen molar-refractivity contribution in [2.45, 2.75) is 13.5 Å². The molecule has 0 unspecified atom stereocenters. The van der Waals surface area contributed by atoms with Gasteiger partial charge in [-0.1, -0.05) is 0 Å². The van der Waals surface area contributed by atoms with Gasteiger partial charge in [-0.25, -0.2) is 5.48 Å². The molecule has 0 fully saturated rings. The van der Waals surface area contributed by atoms with Crippen LogP contribution in [0.25, 0.3) is 0 Å². The van der Waals surface area contributed by atoms with Gasteiger partial charge in [-0.15, -0.1) is 0 Å². The summed E-state index contributed by atoms with van der Waals surface area (Å²) in [5, 5.41) is 17.9. The highest BCUT2D eigenvalue weighted by atomic mass is 16.5. The number of rotatable bonds is 3. The Morgan fingerprint density at radius 3 is 2.92 bits per heavy atom. The van der Waals surface area contributed by atoms with Crippen molar-refractivity contribution in [1.29, 1.82) is 0 Å². The standard InChI is InChI=1S/C8H10N2O3/c1-5-8(12)7(3-10-13)6(4-11)2-9-5/h2,4,10,12-13H,3H2,1H3. The highest BCUT2D eigenvalue weighted by molar-refractivity contribution is 5.78. The lowest BCUT2D eigenvalue weighted by Crippen LogP contribution is -2.09. The Balaban J connectivity index is 3.23. The summed E-state index contributed by atoms with van der Waals surface area (Å²) >= 11 is 0. The summed E-state index contributed by atoms with van der Waals surface area (Å²) in [5.41, 5.74) is 2.93. The monoisotopic (exact) mass is 182 g/mol. The van der Waals surface area contributed by atoms with E-state index in [-0.39, 0.29) is 17.9 Å². The molecule has 1 heterocycles. The summed E-state index contributed by atoms with van der Waals surface area (Å²) in [6.45, 7) is 1.63. The molecule has 0 spiro atoms. The summed E-state index contributed by atoms with van der Waals surface area (Å²) in [5.74, 6) is -0.0637. The Morgan fingerprint density at radius 1 is 1.69 bits per heavy atom. The van der Waals surface area contributed by atoms with Crippen molar-refractivity contribution in [2.75, 3.05) is 0 Å². The lowest BCUT2D eigenvalue weighted by molar-refractivity contribution is 0.111. The Hall–Kier alpha value is -1.46. The van der Waals surface area contributed by atoms with E-state index in [0.29, 0.717) is 17.5 Å². The second kappa shape index (κ2) is 3.97. The number of aryl methyl sites for hydroxylation is 1. The van der Waals surface area contributed by atoms with E-state index in [0.717, 1.165) is 0 Å². The average Bonchev–Trinajstić information content (AvgIpc) is 2.14. The predicted molar refractivity (Wildman–Crippen MR) is 44.7 cm³/mol. The van der Waals surface area contributed by atoms with Crippen LogP contribution in [-0.4, -0.2) is 21.6 Å². The Labute approximate surface area is 75.0 Å². The first kappa shape index (κ1) is 9.63. The van der Waals surface area contributed by atoms with Crippen LogP contribution in [0.1, 0.15) is 21.6 Å². The number of aromatic nitrogens is 1. The fraction of sp³-hybridized carbons (Fsp3) is 0.250. The zero-order valence-corrected chi connectivity index (χ0v) is 7.11. The van der Waals surface area contributed by atoms with Gasteiger partial charge in [0, 0.05) is 17.3 Å². The lowest BCUT2D eigenvalue weighted by atomic mass is 10.1. The summed E-state index contributed by atoms with van der Waals surface area (Å²) < 4.78 is 0. The van der Waals surface area contributed by atoms with E-state index in [4.69, 9.17) is 5.21 Å².